The molecule has 1 aliphatic carbocycles. The van der Waals surface area contributed by atoms with Crippen LogP contribution < -0.4 is 5.43 Å². The number of carbonyl (C=O) groups excluding carboxylic acids is 1. The number of thiazole rings is 1. The predicted molar refractivity (Wildman–Crippen MR) is 95.6 cm³/mol. The minimum atomic E-state index is -0.451. The van der Waals surface area contributed by atoms with E-state index in [1.165, 1.54) is 18.4 Å². The lowest BCUT2D eigenvalue weighted by atomic mass is 10.0. The standard InChI is InChI=1S/C18H15N3O2S/c1-23-17(22)16-12-7-3-2-6-11(12)10-14(16)20-21-18-19-13-8-4-5-9-15(13)24-18/h2-9,16H,10H2,1H3,(H,19,21)/b20-14+. The summed E-state index contributed by atoms with van der Waals surface area (Å²) in [6.45, 7) is 0. The topological polar surface area (TPSA) is 63.6 Å². The molecule has 2 aromatic carbocycles. The highest BCUT2D eigenvalue weighted by Crippen LogP contribution is 2.32. The number of aromatic nitrogens is 1. The number of fused-ring (bicyclic) bond motifs is 2. The Balaban J connectivity index is 1.64. The average Bonchev–Trinajstić information content (AvgIpc) is 3.19. The van der Waals surface area contributed by atoms with Crippen LogP contribution in [0.2, 0.25) is 0 Å². The van der Waals surface area contributed by atoms with Gasteiger partial charge in [0.1, 0.15) is 5.92 Å². The molecule has 24 heavy (non-hydrogen) atoms. The number of ether oxygens (including phenoxy) is 1. The van der Waals surface area contributed by atoms with Crippen molar-refractivity contribution < 1.29 is 9.53 Å². The summed E-state index contributed by atoms with van der Waals surface area (Å²) < 4.78 is 6.06. The van der Waals surface area contributed by atoms with Crippen LogP contribution in [0.4, 0.5) is 5.13 Å². The maximum Gasteiger partial charge on any atom is 0.319 e. The normalized spacial score (nSPS) is 17.9. The molecule has 1 N–H and O–H groups in total. The van der Waals surface area contributed by atoms with Gasteiger partial charge in [-0.2, -0.15) is 5.10 Å². The zero-order chi connectivity index (χ0) is 16.5. The largest absolute Gasteiger partial charge is 0.468 e. The third kappa shape index (κ3) is 2.55. The number of para-hydroxylation sites is 1. The van der Waals surface area contributed by atoms with Gasteiger partial charge in [0.15, 0.2) is 0 Å². The number of hydrogen-bond donors (Lipinski definition) is 1. The summed E-state index contributed by atoms with van der Waals surface area (Å²) in [5, 5.41) is 5.18. The van der Waals surface area contributed by atoms with Crippen LogP contribution in [-0.4, -0.2) is 23.8 Å². The Morgan fingerprint density at radius 1 is 1.25 bits per heavy atom. The molecule has 6 heteroatoms. The summed E-state index contributed by atoms with van der Waals surface area (Å²) in [6, 6.07) is 15.8. The fourth-order valence-electron chi connectivity index (χ4n) is 2.98. The molecular weight excluding hydrogens is 322 g/mol. The number of carbonyl (C=O) groups is 1. The van der Waals surface area contributed by atoms with Crippen molar-refractivity contribution in [2.24, 2.45) is 5.10 Å². The fraction of sp³-hybridized carbons (Fsp3) is 0.167. The van der Waals surface area contributed by atoms with E-state index in [1.54, 1.807) is 0 Å². The summed E-state index contributed by atoms with van der Waals surface area (Å²) in [7, 11) is 1.40. The van der Waals surface area contributed by atoms with Crippen LogP contribution in [0.5, 0.6) is 0 Å². The van der Waals surface area contributed by atoms with E-state index in [9.17, 15) is 4.79 Å². The summed E-state index contributed by atoms with van der Waals surface area (Å²) in [5.74, 6) is -0.738. The Hall–Kier alpha value is -2.73. The van der Waals surface area contributed by atoms with Crippen molar-refractivity contribution in [3.8, 4) is 0 Å². The van der Waals surface area contributed by atoms with Crippen molar-refractivity contribution in [2.75, 3.05) is 12.5 Å². The molecule has 0 aliphatic heterocycles. The van der Waals surface area contributed by atoms with E-state index in [0.717, 1.165) is 27.1 Å². The van der Waals surface area contributed by atoms with Crippen molar-refractivity contribution >= 4 is 38.4 Å². The van der Waals surface area contributed by atoms with E-state index in [4.69, 9.17) is 4.74 Å². The Morgan fingerprint density at radius 2 is 2.04 bits per heavy atom. The van der Waals surface area contributed by atoms with Crippen molar-refractivity contribution in [3.05, 3.63) is 59.7 Å². The number of hydrogen-bond acceptors (Lipinski definition) is 6. The van der Waals surface area contributed by atoms with Crippen molar-refractivity contribution in [1.29, 1.82) is 0 Å². The maximum absolute atomic E-state index is 12.2. The van der Waals surface area contributed by atoms with E-state index in [-0.39, 0.29) is 5.97 Å². The Morgan fingerprint density at radius 3 is 2.88 bits per heavy atom. The van der Waals surface area contributed by atoms with Gasteiger partial charge >= 0.3 is 5.97 Å². The highest BCUT2D eigenvalue weighted by atomic mass is 32.1. The van der Waals surface area contributed by atoms with Gasteiger partial charge in [0, 0.05) is 6.42 Å². The van der Waals surface area contributed by atoms with Gasteiger partial charge in [-0.15, -0.1) is 0 Å². The van der Waals surface area contributed by atoms with Crippen LogP contribution in [0.1, 0.15) is 17.0 Å². The van der Waals surface area contributed by atoms with Gasteiger partial charge in [-0.3, -0.25) is 10.2 Å². The van der Waals surface area contributed by atoms with Gasteiger partial charge in [0.2, 0.25) is 5.13 Å². The molecule has 0 amide bonds. The molecule has 1 atom stereocenters. The third-order valence-corrected chi connectivity index (χ3v) is 5.04. The van der Waals surface area contributed by atoms with Gasteiger partial charge in [-0.25, -0.2) is 4.98 Å². The molecule has 0 bridgehead atoms. The van der Waals surface area contributed by atoms with Crippen molar-refractivity contribution in [3.63, 3.8) is 0 Å². The third-order valence-electron chi connectivity index (χ3n) is 4.10. The molecule has 1 aliphatic rings. The molecule has 4 rings (SSSR count). The van der Waals surface area contributed by atoms with Crippen LogP contribution in [0.3, 0.4) is 0 Å². The Labute approximate surface area is 143 Å². The van der Waals surface area contributed by atoms with E-state index in [1.807, 2.05) is 48.5 Å². The zero-order valence-electron chi connectivity index (χ0n) is 13.0. The lowest BCUT2D eigenvalue weighted by molar-refractivity contribution is -0.140. The smallest absolute Gasteiger partial charge is 0.319 e. The molecule has 0 radical (unpaired) electrons. The summed E-state index contributed by atoms with van der Waals surface area (Å²) in [6.07, 6.45) is 0.633. The Bertz CT molecular complexity index is 915. The summed E-state index contributed by atoms with van der Waals surface area (Å²) >= 11 is 1.53. The Kier molecular flexibility index (Phi) is 3.74. The van der Waals surface area contributed by atoms with E-state index >= 15 is 0 Å². The van der Waals surface area contributed by atoms with Crippen molar-refractivity contribution in [1.82, 2.24) is 4.98 Å². The molecule has 1 heterocycles. The minimum absolute atomic E-state index is 0.287. The molecule has 3 aromatic rings. The predicted octanol–water partition coefficient (Wildman–Crippen LogP) is 3.58. The van der Waals surface area contributed by atoms with E-state index in [0.29, 0.717) is 11.6 Å². The summed E-state index contributed by atoms with van der Waals surface area (Å²) in [5.41, 5.74) is 6.77. The SMILES string of the molecule is COC(=O)C1/C(=N/Nc2nc3ccccc3s2)Cc2ccccc21. The molecule has 0 saturated heterocycles. The van der Waals surface area contributed by atoms with Gasteiger partial charge in [0.05, 0.1) is 23.0 Å². The first kappa shape index (κ1) is 14.8. The van der Waals surface area contributed by atoms with E-state index < -0.39 is 5.92 Å². The highest BCUT2D eigenvalue weighted by Gasteiger charge is 2.35. The van der Waals surface area contributed by atoms with Crippen LogP contribution in [-0.2, 0) is 16.0 Å². The molecule has 0 spiro atoms. The second-order valence-corrected chi connectivity index (χ2v) is 6.56. The zero-order valence-corrected chi connectivity index (χ0v) is 13.8. The molecule has 0 saturated carbocycles. The molecule has 120 valence electrons. The van der Waals surface area contributed by atoms with Crippen LogP contribution in [0.15, 0.2) is 53.6 Å². The van der Waals surface area contributed by atoms with Gasteiger partial charge in [-0.05, 0) is 23.3 Å². The first-order valence-corrected chi connectivity index (χ1v) is 8.41. The van der Waals surface area contributed by atoms with E-state index in [2.05, 4.69) is 15.5 Å². The number of esters is 1. The van der Waals surface area contributed by atoms with Crippen LogP contribution >= 0.6 is 11.3 Å². The number of benzene rings is 2. The summed E-state index contributed by atoms with van der Waals surface area (Å²) in [4.78, 5) is 16.7. The van der Waals surface area contributed by atoms with Crippen LogP contribution in [0, 0.1) is 0 Å². The second-order valence-electron chi connectivity index (χ2n) is 5.53. The first-order valence-electron chi connectivity index (χ1n) is 7.60. The lowest BCUT2D eigenvalue weighted by Gasteiger charge is -2.10. The minimum Gasteiger partial charge on any atom is -0.468 e. The number of rotatable bonds is 3. The highest BCUT2D eigenvalue weighted by molar-refractivity contribution is 7.22. The molecule has 0 fully saturated rings. The lowest BCUT2D eigenvalue weighted by Crippen LogP contribution is -2.20. The maximum atomic E-state index is 12.2. The molecule has 1 unspecified atom stereocenters. The van der Waals surface area contributed by atoms with Crippen molar-refractivity contribution in [2.45, 2.75) is 12.3 Å². The molecule has 1 aromatic heterocycles. The van der Waals surface area contributed by atoms with Crippen LogP contribution in [0.25, 0.3) is 10.2 Å². The fourth-order valence-corrected chi connectivity index (χ4v) is 3.79. The second kappa shape index (κ2) is 6.05. The number of hydrazone groups is 1. The molecular formula is C18H15N3O2S. The quantitative estimate of drug-likeness (QED) is 0.586. The molecule has 5 nitrogen and oxygen atoms in total. The van der Waals surface area contributed by atoms with Gasteiger partial charge in [0.25, 0.3) is 0 Å². The first-order chi connectivity index (χ1) is 11.8. The number of nitrogens with one attached hydrogen (secondary N) is 1. The van der Waals surface area contributed by atoms with Gasteiger partial charge < -0.3 is 4.74 Å². The van der Waals surface area contributed by atoms with Gasteiger partial charge in [-0.1, -0.05) is 47.7 Å². The number of anilines is 1. The average molecular weight is 337 g/mol. The number of nitrogens with zero attached hydrogens (tertiary/aromatic N) is 2. The number of methoxy groups -OCH3 is 1. The monoisotopic (exact) mass is 337 g/mol.